The lowest BCUT2D eigenvalue weighted by Crippen LogP contribution is -2.41. The van der Waals surface area contributed by atoms with Gasteiger partial charge in [0.25, 0.3) is 5.91 Å². The van der Waals surface area contributed by atoms with E-state index in [-0.39, 0.29) is 11.9 Å². The first-order chi connectivity index (χ1) is 12.5. The third-order valence-corrected chi connectivity index (χ3v) is 6.18. The van der Waals surface area contributed by atoms with Crippen molar-refractivity contribution in [1.82, 2.24) is 10.2 Å². The Kier molecular flexibility index (Phi) is 6.33. The van der Waals surface area contributed by atoms with Crippen molar-refractivity contribution in [2.75, 3.05) is 38.6 Å². The maximum atomic E-state index is 12.7. The molecular weight excluding hydrogens is 342 g/mol. The average molecular weight is 372 g/mol. The number of likely N-dealkylation sites (tertiary alicyclic amines) is 1. The Bertz CT molecular complexity index is 706. The molecule has 1 atom stereocenters. The van der Waals surface area contributed by atoms with Crippen LogP contribution in [0.5, 0.6) is 0 Å². The molecule has 4 nitrogen and oxygen atoms in total. The highest BCUT2D eigenvalue weighted by Gasteiger charge is 2.25. The third kappa shape index (κ3) is 4.65. The lowest BCUT2D eigenvalue weighted by atomic mass is 9.97. The zero-order valence-corrected chi connectivity index (χ0v) is 16.8. The van der Waals surface area contributed by atoms with E-state index in [1.807, 2.05) is 43.3 Å². The smallest absolute Gasteiger partial charge is 0.251 e. The van der Waals surface area contributed by atoms with Gasteiger partial charge in [0, 0.05) is 36.8 Å². The van der Waals surface area contributed by atoms with Crippen molar-refractivity contribution >= 4 is 22.9 Å². The van der Waals surface area contributed by atoms with Gasteiger partial charge >= 0.3 is 0 Å². The highest BCUT2D eigenvalue weighted by atomic mass is 32.1. The van der Waals surface area contributed by atoms with Crippen LogP contribution in [0.3, 0.4) is 0 Å². The van der Waals surface area contributed by atoms with Gasteiger partial charge in [-0.3, -0.25) is 9.69 Å². The highest BCUT2D eigenvalue weighted by molar-refractivity contribution is 7.10. The summed E-state index contributed by atoms with van der Waals surface area (Å²) >= 11 is 1.78. The molecule has 1 amide bonds. The first kappa shape index (κ1) is 18.9. The molecule has 0 spiro atoms. The van der Waals surface area contributed by atoms with Gasteiger partial charge in [0.2, 0.25) is 0 Å². The quantitative estimate of drug-likeness (QED) is 0.833. The number of rotatable bonds is 6. The van der Waals surface area contributed by atoms with E-state index in [2.05, 4.69) is 34.7 Å². The minimum absolute atomic E-state index is 0.000587. The van der Waals surface area contributed by atoms with Crippen LogP contribution in [0.2, 0.25) is 0 Å². The molecule has 1 aliphatic heterocycles. The molecule has 1 N–H and O–H groups in total. The van der Waals surface area contributed by atoms with Crippen molar-refractivity contribution < 1.29 is 4.79 Å². The lowest BCUT2D eigenvalue weighted by molar-refractivity contribution is 0.0915. The van der Waals surface area contributed by atoms with E-state index in [0.717, 1.165) is 24.7 Å². The number of amides is 1. The number of thiophene rings is 1. The number of nitrogens with zero attached hydrogens (tertiary/aromatic N) is 2. The fourth-order valence-electron chi connectivity index (χ4n) is 3.45. The molecule has 1 aromatic heterocycles. The molecule has 0 radical (unpaired) electrons. The van der Waals surface area contributed by atoms with Gasteiger partial charge in [-0.2, -0.15) is 0 Å². The van der Waals surface area contributed by atoms with Gasteiger partial charge in [0.1, 0.15) is 0 Å². The molecule has 2 aromatic rings. The lowest BCUT2D eigenvalue weighted by Gasteiger charge is -2.36. The number of benzene rings is 1. The minimum atomic E-state index is 0.000587. The summed E-state index contributed by atoms with van der Waals surface area (Å²) in [7, 11) is 3.97. The Morgan fingerprint density at radius 3 is 2.69 bits per heavy atom. The second-order valence-electron chi connectivity index (χ2n) is 7.40. The van der Waals surface area contributed by atoms with Crippen LogP contribution in [0, 0.1) is 5.92 Å². The Labute approximate surface area is 160 Å². The normalized spacial score (nSPS) is 17.0. The fourth-order valence-corrected chi connectivity index (χ4v) is 4.31. The summed E-state index contributed by atoms with van der Waals surface area (Å²) in [5, 5.41) is 5.29. The van der Waals surface area contributed by atoms with Crippen molar-refractivity contribution in [3.05, 3.63) is 52.2 Å². The number of carbonyl (C=O) groups is 1. The average Bonchev–Trinajstić information content (AvgIpc) is 3.17. The molecule has 0 bridgehead atoms. The van der Waals surface area contributed by atoms with Crippen molar-refractivity contribution in [2.45, 2.75) is 25.8 Å². The third-order valence-electron chi connectivity index (χ3n) is 5.21. The summed E-state index contributed by atoms with van der Waals surface area (Å²) < 4.78 is 0. The number of piperidine rings is 1. The molecule has 2 heterocycles. The standard InChI is InChI=1S/C21H29N3OS/c1-16-9-11-24(12-10-16)19(20-8-5-13-26-20)15-22-21(25)17-6-4-7-18(14-17)23(2)3/h4-8,13-14,16,19H,9-12,15H2,1-3H3,(H,22,25)/t19-/m0/s1. The Morgan fingerprint density at radius 2 is 2.04 bits per heavy atom. The van der Waals surface area contributed by atoms with Crippen molar-refractivity contribution in [2.24, 2.45) is 5.92 Å². The van der Waals surface area contributed by atoms with E-state index < -0.39 is 0 Å². The highest BCUT2D eigenvalue weighted by Crippen LogP contribution is 2.29. The van der Waals surface area contributed by atoms with E-state index in [9.17, 15) is 4.79 Å². The van der Waals surface area contributed by atoms with Gasteiger partial charge in [-0.25, -0.2) is 0 Å². The zero-order chi connectivity index (χ0) is 18.5. The summed E-state index contributed by atoms with van der Waals surface area (Å²) in [5.41, 5.74) is 1.76. The van der Waals surface area contributed by atoms with E-state index in [0.29, 0.717) is 12.1 Å². The summed E-state index contributed by atoms with van der Waals surface area (Å²) in [4.78, 5) is 18.6. The van der Waals surface area contributed by atoms with Crippen LogP contribution < -0.4 is 10.2 Å². The van der Waals surface area contributed by atoms with E-state index in [1.54, 1.807) is 11.3 Å². The molecule has 1 fully saturated rings. The molecule has 3 rings (SSSR count). The van der Waals surface area contributed by atoms with E-state index >= 15 is 0 Å². The Morgan fingerprint density at radius 1 is 1.27 bits per heavy atom. The number of hydrogen-bond acceptors (Lipinski definition) is 4. The van der Waals surface area contributed by atoms with Gasteiger partial charge in [0.15, 0.2) is 0 Å². The van der Waals surface area contributed by atoms with E-state index in [4.69, 9.17) is 0 Å². The van der Waals surface area contributed by atoms with Crippen LogP contribution in [-0.2, 0) is 0 Å². The molecule has 0 aliphatic carbocycles. The van der Waals surface area contributed by atoms with Crippen molar-refractivity contribution in [1.29, 1.82) is 0 Å². The zero-order valence-electron chi connectivity index (χ0n) is 15.9. The topological polar surface area (TPSA) is 35.6 Å². The first-order valence-electron chi connectivity index (χ1n) is 9.37. The van der Waals surface area contributed by atoms with Crippen LogP contribution in [0.1, 0.15) is 41.0 Å². The van der Waals surface area contributed by atoms with Gasteiger partial charge in [0.05, 0.1) is 6.04 Å². The van der Waals surface area contributed by atoms with Crippen LogP contribution in [-0.4, -0.2) is 44.5 Å². The van der Waals surface area contributed by atoms with Gasteiger partial charge in [-0.1, -0.05) is 19.1 Å². The van der Waals surface area contributed by atoms with Gasteiger partial charge in [-0.15, -0.1) is 11.3 Å². The van der Waals surface area contributed by atoms with Gasteiger partial charge < -0.3 is 10.2 Å². The monoisotopic (exact) mass is 371 g/mol. The number of anilines is 1. The number of carbonyl (C=O) groups excluding carboxylic acids is 1. The molecule has 1 aliphatic rings. The number of hydrogen-bond donors (Lipinski definition) is 1. The Hall–Kier alpha value is -1.85. The summed E-state index contributed by atoms with van der Waals surface area (Å²) in [6.07, 6.45) is 2.47. The SMILES string of the molecule is CC1CCN([C@@H](CNC(=O)c2cccc(N(C)C)c2)c2cccs2)CC1. The Balaban J connectivity index is 1.68. The molecule has 0 saturated carbocycles. The van der Waals surface area contributed by atoms with Crippen molar-refractivity contribution in [3.63, 3.8) is 0 Å². The molecule has 1 saturated heterocycles. The summed E-state index contributed by atoms with van der Waals surface area (Å²) in [6, 6.07) is 12.3. The fraction of sp³-hybridized carbons (Fsp3) is 0.476. The molecule has 0 unspecified atom stereocenters. The second kappa shape index (κ2) is 8.69. The predicted octanol–water partition coefficient (Wildman–Crippen LogP) is 4.02. The minimum Gasteiger partial charge on any atom is -0.378 e. The summed E-state index contributed by atoms with van der Waals surface area (Å²) in [6.45, 7) is 5.20. The number of nitrogens with one attached hydrogen (secondary N) is 1. The maximum Gasteiger partial charge on any atom is 0.251 e. The molecular formula is C21H29N3OS. The van der Waals surface area contributed by atoms with Crippen LogP contribution in [0.25, 0.3) is 0 Å². The summed E-state index contributed by atoms with van der Waals surface area (Å²) in [5.74, 6) is 0.805. The van der Waals surface area contributed by atoms with Crippen LogP contribution in [0.15, 0.2) is 41.8 Å². The van der Waals surface area contributed by atoms with Crippen LogP contribution >= 0.6 is 11.3 Å². The van der Waals surface area contributed by atoms with Crippen LogP contribution in [0.4, 0.5) is 5.69 Å². The molecule has 1 aromatic carbocycles. The maximum absolute atomic E-state index is 12.7. The van der Waals surface area contributed by atoms with Gasteiger partial charge in [-0.05, 0) is 61.5 Å². The molecule has 26 heavy (non-hydrogen) atoms. The van der Waals surface area contributed by atoms with E-state index in [1.165, 1.54) is 17.7 Å². The molecule has 5 heteroatoms. The molecule has 140 valence electrons. The first-order valence-corrected chi connectivity index (χ1v) is 10.3. The predicted molar refractivity (Wildman–Crippen MR) is 110 cm³/mol. The van der Waals surface area contributed by atoms with Crippen molar-refractivity contribution in [3.8, 4) is 0 Å². The largest absolute Gasteiger partial charge is 0.378 e. The second-order valence-corrected chi connectivity index (χ2v) is 8.38.